The summed E-state index contributed by atoms with van der Waals surface area (Å²) >= 11 is 0. The molecule has 2 N–H and O–H groups in total. The molecule has 0 amide bonds. The molecule has 1 aliphatic rings. The molecule has 2 heteroatoms. The lowest BCUT2D eigenvalue weighted by atomic mass is 9.97. The van der Waals surface area contributed by atoms with E-state index in [1.807, 2.05) is 6.20 Å². The monoisotopic (exact) mass is 176 g/mol. The van der Waals surface area contributed by atoms with Gasteiger partial charge >= 0.3 is 0 Å². The number of nitrogens with zero attached hydrogens (tertiary/aromatic N) is 1. The zero-order chi connectivity index (χ0) is 9.26. The number of rotatable bonds is 1. The smallest absolute Gasteiger partial charge is 0.126 e. The molecule has 0 aromatic carbocycles. The molecule has 0 atom stereocenters. The van der Waals surface area contributed by atoms with E-state index in [1.165, 1.54) is 36.8 Å². The van der Waals surface area contributed by atoms with Crippen LogP contribution >= 0.6 is 0 Å². The van der Waals surface area contributed by atoms with Gasteiger partial charge in [0.1, 0.15) is 5.82 Å². The van der Waals surface area contributed by atoms with Crippen LogP contribution < -0.4 is 5.73 Å². The summed E-state index contributed by atoms with van der Waals surface area (Å²) in [5.41, 5.74) is 8.35. The molecular weight excluding hydrogens is 160 g/mol. The first-order chi connectivity index (χ1) is 6.27. The number of hydrogen-bond acceptors (Lipinski definition) is 2. The Labute approximate surface area is 79.2 Å². The maximum absolute atomic E-state index is 5.86. The Hall–Kier alpha value is -1.05. The molecule has 13 heavy (non-hydrogen) atoms. The standard InChI is InChI=1S/C11H16N2/c1-8-6-10(11(12)13-7-8)9-4-2-3-5-9/h6-7,9H,2-5H2,1H3,(H2,12,13). The molecular formula is C11H16N2. The minimum Gasteiger partial charge on any atom is -0.383 e. The van der Waals surface area contributed by atoms with E-state index in [1.54, 1.807) is 0 Å². The molecule has 1 aliphatic carbocycles. The van der Waals surface area contributed by atoms with Crippen LogP contribution in [0.5, 0.6) is 0 Å². The molecule has 1 aromatic heterocycles. The van der Waals surface area contributed by atoms with Gasteiger partial charge in [-0.05, 0) is 36.8 Å². The number of nitrogens with two attached hydrogens (primary N) is 1. The van der Waals surface area contributed by atoms with Crippen LogP contribution in [-0.2, 0) is 0 Å². The molecule has 0 unspecified atom stereocenters. The van der Waals surface area contributed by atoms with Gasteiger partial charge in [-0.1, -0.05) is 18.9 Å². The minimum absolute atomic E-state index is 0.674. The second-order valence-electron chi connectivity index (χ2n) is 3.97. The van der Waals surface area contributed by atoms with Crippen molar-refractivity contribution in [3.8, 4) is 0 Å². The fourth-order valence-corrected chi connectivity index (χ4v) is 2.17. The molecule has 2 rings (SSSR count). The van der Waals surface area contributed by atoms with Crippen LogP contribution in [0.15, 0.2) is 12.3 Å². The first kappa shape index (κ1) is 8.54. The summed E-state index contributed by atoms with van der Waals surface area (Å²) in [4.78, 5) is 4.20. The summed E-state index contributed by atoms with van der Waals surface area (Å²) in [6.07, 6.45) is 7.11. The van der Waals surface area contributed by atoms with Gasteiger partial charge in [0, 0.05) is 6.20 Å². The van der Waals surface area contributed by atoms with Crippen LogP contribution in [0.4, 0.5) is 5.82 Å². The average molecular weight is 176 g/mol. The quantitative estimate of drug-likeness (QED) is 0.714. The molecule has 0 saturated heterocycles. The number of hydrogen-bond donors (Lipinski definition) is 1. The van der Waals surface area contributed by atoms with Gasteiger partial charge in [-0.3, -0.25) is 0 Å². The summed E-state index contributed by atoms with van der Waals surface area (Å²) < 4.78 is 0. The van der Waals surface area contributed by atoms with Crippen molar-refractivity contribution in [1.29, 1.82) is 0 Å². The number of pyridine rings is 1. The third kappa shape index (κ3) is 1.67. The molecule has 2 nitrogen and oxygen atoms in total. The third-order valence-electron chi connectivity index (χ3n) is 2.88. The highest BCUT2D eigenvalue weighted by Crippen LogP contribution is 2.36. The van der Waals surface area contributed by atoms with E-state index in [9.17, 15) is 0 Å². The predicted octanol–water partition coefficient (Wildman–Crippen LogP) is 2.63. The van der Waals surface area contributed by atoms with Crippen molar-refractivity contribution in [3.05, 3.63) is 23.4 Å². The van der Waals surface area contributed by atoms with Crippen molar-refractivity contribution in [3.63, 3.8) is 0 Å². The van der Waals surface area contributed by atoms with E-state index in [0.29, 0.717) is 5.92 Å². The van der Waals surface area contributed by atoms with Gasteiger partial charge in [0.05, 0.1) is 0 Å². The first-order valence-electron chi connectivity index (χ1n) is 4.99. The lowest BCUT2D eigenvalue weighted by Gasteiger charge is -2.11. The topological polar surface area (TPSA) is 38.9 Å². The molecule has 0 aliphatic heterocycles. The Morgan fingerprint density at radius 1 is 1.38 bits per heavy atom. The van der Waals surface area contributed by atoms with E-state index < -0.39 is 0 Å². The second-order valence-corrected chi connectivity index (χ2v) is 3.97. The maximum Gasteiger partial charge on any atom is 0.126 e. The summed E-state index contributed by atoms with van der Waals surface area (Å²) in [5.74, 6) is 1.41. The normalized spacial score (nSPS) is 17.9. The Balaban J connectivity index is 2.32. The average Bonchev–Trinajstić information content (AvgIpc) is 2.61. The Morgan fingerprint density at radius 2 is 2.08 bits per heavy atom. The molecule has 1 fully saturated rings. The zero-order valence-corrected chi connectivity index (χ0v) is 8.09. The minimum atomic E-state index is 0.674. The van der Waals surface area contributed by atoms with Crippen molar-refractivity contribution in [2.45, 2.75) is 38.5 Å². The van der Waals surface area contributed by atoms with Crippen molar-refractivity contribution in [2.24, 2.45) is 0 Å². The van der Waals surface area contributed by atoms with Crippen LogP contribution in [0, 0.1) is 6.92 Å². The van der Waals surface area contributed by atoms with Crippen molar-refractivity contribution < 1.29 is 0 Å². The highest BCUT2D eigenvalue weighted by atomic mass is 14.8. The lowest BCUT2D eigenvalue weighted by molar-refractivity contribution is 0.721. The summed E-state index contributed by atoms with van der Waals surface area (Å²) in [6, 6.07) is 2.19. The molecule has 0 radical (unpaired) electrons. The molecule has 1 heterocycles. The SMILES string of the molecule is Cc1cnc(N)c(C2CCCC2)c1. The van der Waals surface area contributed by atoms with Gasteiger partial charge in [0.2, 0.25) is 0 Å². The molecule has 0 bridgehead atoms. The second kappa shape index (κ2) is 3.36. The zero-order valence-electron chi connectivity index (χ0n) is 8.09. The van der Waals surface area contributed by atoms with Gasteiger partial charge in [-0.25, -0.2) is 4.98 Å². The molecule has 0 spiro atoms. The maximum atomic E-state index is 5.86. The van der Waals surface area contributed by atoms with Crippen LogP contribution in [-0.4, -0.2) is 4.98 Å². The highest BCUT2D eigenvalue weighted by Gasteiger charge is 2.19. The van der Waals surface area contributed by atoms with Crippen LogP contribution in [0.3, 0.4) is 0 Å². The Kier molecular flexibility index (Phi) is 2.21. The summed E-state index contributed by atoms with van der Waals surface area (Å²) in [6.45, 7) is 2.07. The number of nitrogen functional groups attached to an aromatic ring is 1. The van der Waals surface area contributed by atoms with E-state index in [-0.39, 0.29) is 0 Å². The van der Waals surface area contributed by atoms with Gasteiger partial charge in [0.15, 0.2) is 0 Å². The van der Waals surface area contributed by atoms with Gasteiger partial charge in [-0.15, -0.1) is 0 Å². The van der Waals surface area contributed by atoms with Crippen molar-refractivity contribution in [1.82, 2.24) is 4.98 Å². The van der Waals surface area contributed by atoms with E-state index in [4.69, 9.17) is 5.73 Å². The fourth-order valence-electron chi connectivity index (χ4n) is 2.17. The highest BCUT2D eigenvalue weighted by molar-refractivity contribution is 5.43. The predicted molar refractivity (Wildman–Crippen MR) is 54.6 cm³/mol. The van der Waals surface area contributed by atoms with E-state index >= 15 is 0 Å². The fraction of sp³-hybridized carbons (Fsp3) is 0.545. The van der Waals surface area contributed by atoms with Crippen LogP contribution in [0.2, 0.25) is 0 Å². The molecule has 1 aromatic rings. The first-order valence-corrected chi connectivity index (χ1v) is 4.99. The summed E-state index contributed by atoms with van der Waals surface area (Å²) in [5, 5.41) is 0. The van der Waals surface area contributed by atoms with Gasteiger partial charge < -0.3 is 5.73 Å². The van der Waals surface area contributed by atoms with Crippen LogP contribution in [0.1, 0.15) is 42.7 Å². The Morgan fingerprint density at radius 3 is 2.77 bits per heavy atom. The van der Waals surface area contributed by atoms with Crippen molar-refractivity contribution >= 4 is 5.82 Å². The van der Waals surface area contributed by atoms with Crippen molar-refractivity contribution in [2.75, 3.05) is 5.73 Å². The van der Waals surface area contributed by atoms with Gasteiger partial charge in [-0.2, -0.15) is 0 Å². The van der Waals surface area contributed by atoms with Crippen LogP contribution in [0.25, 0.3) is 0 Å². The van der Waals surface area contributed by atoms with E-state index in [0.717, 1.165) is 5.82 Å². The number of aryl methyl sites for hydroxylation is 1. The Bertz CT molecular complexity index is 301. The molecule has 1 saturated carbocycles. The summed E-state index contributed by atoms with van der Waals surface area (Å²) in [7, 11) is 0. The van der Waals surface area contributed by atoms with Gasteiger partial charge in [0.25, 0.3) is 0 Å². The van der Waals surface area contributed by atoms with E-state index in [2.05, 4.69) is 18.0 Å². The molecule has 70 valence electrons. The lowest BCUT2D eigenvalue weighted by Crippen LogP contribution is -2.01. The number of aromatic nitrogens is 1. The third-order valence-corrected chi connectivity index (χ3v) is 2.88. The number of anilines is 1. The largest absolute Gasteiger partial charge is 0.383 e.